The van der Waals surface area contributed by atoms with E-state index in [0.29, 0.717) is 5.56 Å². The second-order valence-electron chi connectivity index (χ2n) is 5.45. The Kier molecular flexibility index (Phi) is 5.36. The number of para-hydroxylation sites is 2. The maximum Gasteiger partial charge on any atom is 0.340 e. The summed E-state index contributed by atoms with van der Waals surface area (Å²) in [5.74, 6) is -7.14. The van der Waals surface area contributed by atoms with Crippen molar-refractivity contribution in [2.24, 2.45) is 5.41 Å². The van der Waals surface area contributed by atoms with Crippen LogP contribution in [0.2, 0.25) is 0 Å². The van der Waals surface area contributed by atoms with Gasteiger partial charge in [0.2, 0.25) is 0 Å². The van der Waals surface area contributed by atoms with Gasteiger partial charge in [0.1, 0.15) is 0 Å². The summed E-state index contributed by atoms with van der Waals surface area (Å²) < 4.78 is 0. The monoisotopic (exact) mass is 356 g/mol. The lowest BCUT2D eigenvalue weighted by atomic mass is 9.85. The second kappa shape index (κ2) is 7.47. The molecule has 0 aliphatic carbocycles. The largest absolute Gasteiger partial charge is 0.480 e. The molecule has 0 aliphatic heterocycles. The van der Waals surface area contributed by atoms with Gasteiger partial charge in [0.25, 0.3) is 11.8 Å². The van der Waals surface area contributed by atoms with E-state index >= 15 is 0 Å². The first-order chi connectivity index (χ1) is 12.3. The van der Waals surface area contributed by atoms with Gasteiger partial charge in [0.15, 0.2) is 0 Å². The van der Waals surface area contributed by atoms with E-state index in [9.17, 15) is 29.4 Å². The van der Waals surface area contributed by atoms with Gasteiger partial charge in [-0.1, -0.05) is 36.4 Å². The highest BCUT2D eigenvalue weighted by atomic mass is 16.4. The van der Waals surface area contributed by atoms with Crippen LogP contribution in [0.3, 0.4) is 0 Å². The predicted octanol–water partition coefficient (Wildman–Crippen LogP) is 1.73. The van der Waals surface area contributed by atoms with Crippen LogP contribution in [0, 0.1) is 12.3 Å². The molecule has 4 N–H and O–H groups in total. The number of carboxylic acid groups (broad SMARTS) is 2. The Bertz CT molecular complexity index is 849. The molecule has 26 heavy (non-hydrogen) atoms. The molecule has 134 valence electrons. The van der Waals surface area contributed by atoms with Crippen LogP contribution in [0.15, 0.2) is 54.6 Å². The van der Waals surface area contributed by atoms with Crippen LogP contribution >= 0.6 is 0 Å². The molecular weight excluding hydrogens is 340 g/mol. The Morgan fingerprint density at radius 1 is 0.769 bits per heavy atom. The first kappa shape index (κ1) is 18.7. The molecule has 0 heterocycles. The number of nitrogens with one attached hydrogen (secondary N) is 2. The molecule has 2 aromatic rings. The number of carboxylic acids is 2. The maximum atomic E-state index is 12.6. The molecule has 0 atom stereocenters. The molecule has 0 aliphatic rings. The molecule has 0 radical (unpaired) electrons. The van der Waals surface area contributed by atoms with Gasteiger partial charge in [0, 0.05) is 11.4 Å². The van der Waals surface area contributed by atoms with Crippen LogP contribution in [-0.4, -0.2) is 34.0 Å². The number of anilines is 2. The van der Waals surface area contributed by atoms with Crippen molar-refractivity contribution >= 4 is 35.1 Å². The third-order valence-electron chi connectivity index (χ3n) is 3.75. The molecule has 0 aromatic heterocycles. The minimum atomic E-state index is -3.35. The molecule has 8 heteroatoms. The second-order valence-corrected chi connectivity index (χ2v) is 5.45. The van der Waals surface area contributed by atoms with Crippen molar-refractivity contribution in [1.29, 1.82) is 0 Å². The smallest absolute Gasteiger partial charge is 0.340 e. The minimum Gasteiger partial charge on any atom is -0.480 e. The Morgan fingerprint density at radius 2 is 1.27 bits per heavy atom. The van der Waals surface area contributed by atoms with Gasteiger partial charge in [-0.05, 0) is 30.7 Å². The van der Waals surface area contributed by atoms with E-state index in [4.69, 9.17) is 0 Å². The third-order valence-corrected chi connectivity index (χ3v) is 3.75. The Labute approximate surface area is 148 Å². The van der Waals surface area contributed by atoms with Crippen molar-refractivity contribution < 1.29 is 29.4 Å². The number of hydrogen-bond acceptors (Lipinski definition) is 4. The molecule has 2 aromatic carbocycles. The molecule has 0 unspecified atom stereocenters. The fourth-order valence-corrected chi connectivity index (χ4v) is 2.26. The molecule has 0 spiro atoms. The fraction of sp³-hybridized carbons (Fsp3) is 0.111. The van der Waals surface area contributed by atoms with Gasteiger partial charge >= 0.3 is 17.4 Å². The first-order valence-corrected chi connectivity index (χ1v) is 7.50. The molecule has 0 bridgehead atoms. The number of aliphatic carboxylic acids is 2. The summed E-state index contributed by atoms with van der Waals surface area (Å²) in [6.45, 7) is 1.64. The lowest BCUT2D eigenvalue weighted by Gasteiger charge is -2.23. The molecule has 0 saturated heterocycles. The SMILES string of the molecule is Cc1ccccc1NC(=O)C(C(=O)O)(C(=O)O)C(=O)Nc1ccccc1. The highest BCUT2D eigenvalue weighted by molar-refractivity contribution is 6.38. The zero-order valence-corrected chi connectivity index (χ0v) is 13.7. The highest BCUT2D eigenvalue weighted by Gasteiger charge is 2.61. The summed E-state index contributed by atoms with van der Waals surface area (Å²) in [7, 11) is 0. The van der Waals surface area contributed by atoms with E-state index in [1.54, 1.807) is 43.3 Å². The third kappa shape index (κ3) is 3.39. The van der Waals surface area contributed by atoms with Gasteiger partial charge < -0.3 is 20.8 Å². The van der Waals surface area contributed by atoms with Crippen LogP contribution in [0.25, 0.3) is 0 Å². The van der Waals surface area contributed by atoms with Gasteiger partial charge in [-0.2, -0.15) is 0 Å². The molecule has 0 saturated carbocycles. The van der Waals surface area contributed by atoms with Crippen molar-refractivity contribution in [2.75, 3.05) is 10.6 Å². The standard InChI is InChI=1S/C18H16N2O6/c1-11-7-5-6-10-13(11)20-15(22)18(16(23)24,17(25)26)14(21)19-12-8-3-2-4-9-12/h2-10H,1H3,(H,19,21)(H,20,22)(H,23,24)(H,25,26). The number of benzene rings is 2. The molecular formula is C18H16N2O6. The van der Waals surface area contributed by atoms with Crippen molar-refractivity contribution in [3.63, 3.8) is 0 Å². The predicted molar refractivity (Wildman–Crippen MR) is 92.6 cm³/mol. The Balaban J connectivity index is 2.43. The van der Waals surface area contributed by atoms with Gasteiger partial charge in [-0.3, -0.25) is 9.59 Å². The summed E-state index contributed by atoms with van der Waals surface area (Å²) in [5, 5.41) is 23.3. The van der Waals surface area contributed by atoms with E-state index in [-0.39, 0.29) is 11.4 Å². The van der Waals surface area contributed by atoms with Gasteiger partial charge in [-0.15, -0.1) is 0 Å². The number of aryl methyl sites for hydroxylation is 1. The van der Waals surface area contributed by atoms with Gasteiger partial charge in [-0.25, -0.2) is 9.59 Å². The highest BCUT2D eigenvalue weighted by Crippen LogP contribution is 2.25. The summed E-state index contributed by atoms with van der Waals surface area (Å²) in [6.07, 6.45) is 0. The van der Waals surface area contributed by atoms with E-state index in [1.165, 1.54) is 18.2 Å². The van der Waals surface area contributed by atoms with E-state index in [2.05, 4.69) is 10.6 Å². The van der Waals surface area contributed by atoms with Crippen LogP contribution in [-0.2, 0) is 19.2 Å². The molecule has 2 rings (SSSR count). The summed E-state index contributed by atoms with van der Waals surface area (Å²) in [4.78, 5) is 48.5. The number of carbonyl (C=O) groups excluding carboxylic acids is 2. The zero-order chi connectivity index (χ0) is 19.3. The molecule has 0 fully saturated rings. The quantitative estimate of drug-likeness (QED) is 0.583. The Hall–Kier alpha value is -3.68. The van der Waals surface area contributed by atoms with Crippen molar-refractivity contribution in [2.45, 2.75) is 6.92 Å². The minimum absolute atomic E-state index is 0.160. The number of carbonyl (C=O) groups is 4. The first-order valence-electron chi connectivity index (χ1n) is 7.50. The van der Waals surface area contributed by atoms with Crippen LogP contribution in [0.4, 0.5) is 11.4 Å². The normalized spacial score (nSPS) is 10.7. The molecule has 2 amide bonds. The number of amides is 2. The average Bonchev–Trinajstić information content (AvgIpc) is 2.57. The van der Waals surface area contributed by atoms with Crippen LogP contribution in [0.5, 0.6) is 0 Å². The fourth-order valence-electron chi connectivity index (χ4n) is 2.26. The number of hydrogen-bond donors (Lipinski definition) is 4. The van der Waals surface area contributed by atoms with E-state index in [0.717, 1.165) is 0 Å². The van der Waals surface area contributed by atoms with Crippen molar-refractivity contribution in [3.05, 3.63) is 60.2 Å². The summed E-state index contributed by atoms with van der Waals surface area (Å²) in [6, 6.07) is 14.0. The van der Waals surface area contributed by atoms with Crippen LogP contribution in [0.1, 0.15) is 5.56 Å². The van der Waals surface area contributed by atoms with Crippen LogP contribution < -0.4 is 10.6 Å². The summed E-state index contributed by atoms with van der Waals surface area (Å²) >= 11 is 0. The summed E-state index contributed by atoms with van der Waals surface area (Å²) in [5.41, 5.74) is -2.41. The molecule has 8 nitrogen and oxygen atoms in total. The maximum absolute atomic E-state index is 12.6. The van der Waals surface area contributed by atoms with Gasteiger partial charge in [0.05, 0.1) is 0 Å². The van der Waals surface area contributed by atoms with Crippen molar-refractivity contribution in [1.82, 2.24) is 0 Å². The zero-order valence-electron chi connectivity index (χ0n) is 13.7. The van der Waals surface area contributed by atoms with E-state index < -0.39 is 29.2 Å². The average molecular weight is 356 g/mol. The topological polar surface area (TPSA) is 133 Å². The number of rotatable bonds is 6. The lowest BCUT2D eigenvalue weighted by molar-refractivity contribution is -0.169. The lowest BCUT2D eigenvalue weighted by Crippen LogP contribution is -2.57. The Morgan fingerprint density at radius 3 is 1.81 bits per heavy atom. The van der Waals surface area contributed by atoms with Crippen molar-refractivity contribution in [3.8, 4) is 0 Å². The van der Waals surface area contributed by atoms with E-state index in [1.807, 2.05) is 0 Å².